The number of amides is 1. The third-order valence-electron chi connectivity index (χ3n) is 3.28. The molecule has 0 spiro atoms. The number of nitrogens with one attached hydrogen (secondary N) is 1. The van der Waals surface area contributed by atoms with Gasteiger partial charge in [-0.15, -0.1) is 0 Å². The van der Waals surface area contributed by atoms with E-state index in [4.69, 9.17) is 14.2 Å². The number of hydrogen-bond donors (Lipinski definition) is 1. The smallest absolute Gasteiger partial charge is 0.338 e. The Labute approximate surface area is 140 Å². The van der Waals surface area contributed by atoms with Gasteiger partial charge in [0.15, 0.2) is 0 Å². The van der Waals surface area contributed by atoms with Crippen LogP contribution < -0.4 is 14.8 Å². The van der Waals surface area contributed by atoms with Crippen LogP contribution in [0, 0.1) is 0 Å². The van der Waals surface area contributed by atoms with Gasteiger partial charge < -0.3 is 19.5 Å². The summed E-state index contributed by atoms with van der Waals surface area (Å²) in [5, 5.41) is 2.74. The fourth-order valence-electron chi connectivity index (χ4n) is 2.12. The van der Waals surface area contributed by atoms with Crippen LogP contribution in [0.3, 0.4) is 0 Å². The summed E-state index contributed by atoms with van der Waals surface area (Å²) in [4.78, 5) is 24.2. The van der Waals surface area contributed by atoms with Gasteiger partial charge in [-0.05, 0) is 37.3 Å². The van der Waals surface area contributed by atoms with Crippen LogP contribution in [-0.4, -0.2) is 32.7 Å². The second-order valence-corrected chi connectivity index (χ2v) is 4.82. The van der Waals surface area contributed by atoms with Crippen LogP contribution in [-0.2, 0) is 4.74 Å². The molecular weight excluding hydrogens is 310 g/mol. The number of rotatable bonds is 6. The second kappa shape index (κ2) is 8.01. The molecule has 1 N–H and O–H groups in total. The molecule has 0 fully saturated rings. The number of hydrogen-bond acceptors (Lipinski definition) is 5. The summed E-state index contributed by atoms with van der Waals surface area (Å²) in [6.45, 7) is 2.03. The first-order chi connectivity index (χ1) is 11.6. The number of esters is 1. The van der Waals surface area contributed by atoms with Gasteiger partial charge in [0.25, 0.3) is 5.91 Å². The van der Waals surface area contributed by atoms with Crippen molar-refractivity contribution in [3.8, 4) is 11.5 Å². The average Bonchev–Trinajstić information content (AvgIpc) is 2.61. The minimum Gasteiger partial charge on any atom is -0.497 e. The van der Waals surface area contributed by atoms with Gasteiger partial charge in [0, 0.05) is 11.8 Å². The van der Waals surface area contributed by atoms with Crippen molar-refractivity contribution >= 4 is 17.6 Å². The van der Waals surface area contributed by atoms with Crippen LogP contribution >= 0.6 is 0 Å². The molecule has 6 heteroatoms. The molecule has 2 aromatic rings. The van der Waals surface area contributed by atoms with E-state index in [1.165, 1.54) is 14.2 Å². The van der Waals surface area contributed by atoms with Crippen LogP contribution in [0.25, 0.3) is 0 Å². The quantitative estimate of drug-likeness (QED) is 0.824. The van der Waals surface area contributed by atoms with Gasteiger partial charge in [-0.25, -0.2) is 4.79 Å². The fourth-order valence-corrected chi connectivity index (χ4v) is 2.12. The van der Waals surface area contributed by atoms with E-state index >= 15 is 0 Å². The van der Waals surface area contributed by atoms with Crippen molar-refractivity contribution in [3.63, 3.8) is 0 Å². The minimum atomic E-state index is -0.435. The summed E-state index contributed by atoms with van der Waals surface area (Å²) >= 11 is 0. The number of carbonyl (C=O) groups is 2. The molecule has 0 atom stereocenters. The Morgan fingerprint density at radius 1 is 1.04 bits per heavy atom. The van der Waals surface area contributed by atoms with E-state index < -0.39 is 5.97 Å². The van der Waals surface area contributed by atoms with Crippen LogP contribution in [0.5, 0.6) is 11.5 Å². The average molecular weight is 329 g/mol. The molecule has 1 amide bonds. The van der Waals surface area contributed by atoms with E-state index in [-0.39, 0.29) is 5.91 Å². The summed E-state index contributed by atoms with van der Waals surface area (Å²) in [5.41, 5.74) is 1.22. The molecule has 0 bridgehead atoms. The summed E-state index contributed by atoms with van der Waals surface area (Å²) in [6, 6.07) is 11.5. The van der Waals surface area contributed by atoms with Crippen LogP contribution in [0.1, 0.15) is 27.6 Å². The normalized spacial score (nSPS) is 9.96. The third-order valence-corrected chi connectivity index (χ3v) is 3.28. The van der Waals surface area contributed by atoms with Gasteiger partial charge in [-0.1, -0.05) is 6.07 Å². The number of benzene rings is 2. The highest BCUT2D eigenvalue weighted by molar-refractivity contribution is 6.06. The summed E-state index contributed by atoms with van der Waals surface area (Å²) < 4.78 is 15.3. The first-order valence-corrected chi connectivity index (χ1v) is 7.39. The molecule has 126 valence electrons. The van der Waals surface area contributed by atoms with Gasteiger partial charge in [0.2, 0.25) is 0 Å². The zero-order valence-corrected chi connectivity index (χ0v) is 13.8. The Balaban J connectivity index is 2.21. The van der Waals surface area contributed by atoms with E-state index in [2.05, 4.69) is 5.32 Å². The summed E-state index contributed by atoms with van der Waals surface area (Å²) in [7, 11) is 3.02. The number of ether oxygens (including phenoxy) is 3. The lowest BCUT2D eigenvalue weighted by molar-refractivity contribution is 0.0526. The van der Waals surface area contributed by atoms with Crippen molar-refractivity contribution in [1.29, 1.82) is 0 Å². The van der Waals surface area contributed by atoms with Crippen molar-refractivity contribution in [3.05, 3.63) is 53.6 Å². The van der Waals surface area contributed by atoms with Crippen LogP contribution in [0.4, 0.5) is 5.69 Å². The molecule has 0 saturated heterocycles. The Kier molecular flexibility index (Phi) is 5.78. The topological polar surface area (TPSA) is 73.9 Å². The first-order valence-electron chi connectivity index (χ1n) is 7.39. The maximum atomic E-state index is 12.5. The Morgan fingerprint density at radius 3 is 2.50 bits per heavy atom. The largest absolute Gasteiger partial charge is 0.497 e. The van der Waals surface area contributed by atoms with E-state index in [0.29, 0.717) is 34.9 Å². The maximum absolute atomic E-state index is 12.5. The Hall–Kier alpha value is -3.02. The zero-order chi connectivity index (χ0) is 17.5. The lowest BCUT2D eigenvalue weighted by atomic mass is 10.1. The maximum Gasteiger partial charge on any atom is 0.338 e. The molecule has 0 aliphatic rings. The van der Waals surface area contributed by atoms with Crippen molar-refractivity contribution in [2.75, 3.05) is 26.1 Å². The summed E-state index contributed by atoms with van der Waals surface area (Å²) in [5.74, 6) is 0.201. The number of anilines is 1. The SMILES string of the molecule is CCOC(=O)c1cccc(NC(=O)c2ccc(OC)cc2OC)c1. The molecule has 2 aromatic carbocycles. The van der Waals surface area contributed by atoms with Crippen molar-refractivity contribution in [1.82, 2.24) is 0 Å². The van der Waals surface area contributed by atoms with Gasteiger partial charge in [0.1, 0.15) is 11.5 Å². The predicted octanol–water partition coefficient (Wildman–Crippen LogP) is 3.13. The highest BCUT2D eigenvalue weighted by atomic mass is 16.5. The molecule has 0 radical (unpaired) electrons. The van der Waals surface area contributed by atoms with Gasteiger partial charge >= 0.3 is 5.97 Å². The number of carbonyl (C=O) groups excluding carboxylic acids is 2. The standard InChI is InChI=1S/C18H19NO5/c1-4-24-18(21)12-6-5-7-13(10-12)19-17(20)15-9-8-14(22-2)11-16(15)23-3/h5-11H,4H2,1-3H3,(H,19,20). The van der Waals surface area contributed by atoms with Crippen molar-refractivity contribution in [2.45, 2.75) is 6.92 Å². The highest BCUT2D eigenvalue weighted by Crippen LogP contribution is 2.25. The molecule has 0 saturated carbocycles. The molecule has 6 nitrogen and oxygen atoms in total. The number of methoxy groups -OCH3 is 2. The van der Waals surface area contributed by atoms with Crippen molar-refractivity contribution < 1.29 is 23.8 Å². The third kappa shape index (κ3) is 4.04. The van der Waals surface area contributed by atoms with Gasteiger partial charge in [0.05, 0.1) is 32.0 Å². The molecule has 2 rings (SSSR count). The van der Waals surface area contributed by atoms with Gasteiger partial charge in [-0.3, -0.25) is 4.79 Å². The van der Waals surface area contributed by atoms with Crippen molar-refractivity contribution in [2.24, 2.45) is 0 Å². The molecule has 0 heterocycles. The van der Waals surface area contributed by atoms with Crippen LogP contribution in [0.2, 0.25) is 0 Å². The molecule has 0 unspecified atom stereocenters. The Bertz CT molecular complexity index is 742. The summed E-state index contributed by atoms with van der Waals surface area (Å²) in [6.07, 6.45) is 0. The van der Waals surface area contributed by atoms with E-state index in [9.17, 15) is 9.59 Å². The second-order valence-electron chi connectivity index (χ2n) is 4.82. The van der Waals surface area contributed by atoms with Crippen LogP contribution in [0.15, 0.2) is 42.5 Å². The lowest BCUT2D eigenvalue weighted by Gasteiger charge is -2.11. The van der Waals surface area contributed by atoms with E-state index in [1.807, 2.05) is 0 Å². The monoisotopic (exact) mass is 329 g/mol. The molecular formula is C18H19NO5. The van der Waals surface area contributed by atoms with E-state index in [1.54, 1.807) is 49.4 Å². The molecule has 0 aliphatic heterocycles. The molecule has 0 aromatic heterocycles. The fraction of sp³-hybridized carbons (Fsp3) is 0.222. The first kappa shape index (κ1) is 17.3. The molecule has 0 aliphatic carbocycles. The predicted molar refractivity (Wildman–Crippen MR) is 89.9 cm³/mol. The zero-order valence-electron chi connectivity index (χ0n) is 13.8. The Morgan fingerprint density at radius 2 is 1.83 bits per heavy atom. The van der Waals surface area contributed by atoms with E-state index in [0.717, 1.165) is 0 Å². The lowest BCUT2D eigenvalue weighted by Crippen LogP contribution is -2.14. The van der Waals surface area contributed by atoms with Gasteiger partial charge in [-0.2, -0.15) is 0 Å². The highest BCUT2D eigenvalue weighted by Gasteiger charge is 2.14. The minimum absolute atomic E-state index is 0.290. The molecule has 24 heavy (non-hydrogen) atoms.